The third-order valence-corrected chi connectivity index (χ3v) is 11.5. The molecule has 0 aliphatic carbocycles. The molecule has 5 rings (SSSR count). The van der Waals surface area contributed by atoms with Crippen molar-refractivity contribution in [2.75, 3.05) is 4.90 Å². The summed E-state index contributed by atoms with van der Waals surface area (Å²) in [6, 6.07) is 46.9. The summed E-state index contributed by atoms with van der Waals surface area (Å²) >= 11 is 0. The molecule has 5 aromatic rings. The van der Waals surface area contributed by atoms with Gasteiger partial charge in [0.15, 0.2) is 0 Å². The Labute approximate surface area is 443 Å². The fourth-order valence-electron chi connectivity index (χ4n) is 7.93. The van der Waals surface area contributed by atoms with Crippen LogP contribution in [-0.2, 0) is 0 Å². The van der Waals surface area contributed by atoms with Crippen molar-refractivity contribution < 1.29 is 0 Å². The molecule has 0 aliphatic rings. The van der Waals surface area contributed by atoms with Gasteiger partial charge in [-0.25, -0.2) is 0 Å². The van der Waals surface area contributed by atoms with Gasteiger partial charge in [0.1, 0.15) is 0 Å². The van der Waals surface area contributed by atoms with Crippen LogP contribution in [0.5, 0.6) is 0 Å². The van der Waals surface area contributed by atoms with Crippen molar-refractivity contribution in [2.24, 2.45) is 0 Å². The van der Waals surface area contributed by atoms with Crippen molar-refractivity contribution in [3.8, 4) is 0 Å². The van der Waals surface area contributed by atoms with Gasteiger partial charge in [-0.15, -0.1) is 0 Å². The van der Waals surface area contributed by atoms with Crippen LogP contribution in [0, 0.1) is 0 Å². The van der Waals surface area contributed by atoms with Crippen LogP contribution < -0.4 is 4.90 Å². The van der Waals surface area contributed by atoms with Crippen molar-refractivity contribution in [1.29, 1.82) is 0 Å². The van der Waals surface area contributed by atoms with Crippen LogP contribution in [0.2, 0.25) is 0 Å². The molecule has 366 valence electrons. The van der Waals surface area contributed by atoms with E-state index in [0.717, 1.165) is 83.9 Å². The summed E-state index contributed by atoms with van der Waals surface area (Å²) in [5.41, 5.74) is 16.2. The average molecular weight is 960 g/mol. The minimum absolute atomic E-state index is 1.04. The minimum atomic E-state index is 1.04. The fraction of sp³-hybridized carbons (Fsp3) is 0.0411. The van der Waals surface area contributed by atoms with Crippen LogP contribution in [0.4, 0.5) is 17.1 Å². The molecule has 0 unspecified atom stereocenters. The lowest BCUT2D eigenvalue weighted by Crippen LogP contribution is -2.09. The zero-order valence-corrected chi connectivity index (χ0v) is 43.4. The Morgan fingerprint density at radius 3 is 1.08 bits per heavy atom. The second-order valence-electron chi connectivity index (χ2n) is 16.6. The van der Waals surface area contributed by atoms with Crippen molar-refractivity contribution in [3.63, 3.8) is 0 Å². The molecule has 0 saturated heterocycles. The summed E-state index contributed by atoms with van der Waals surface area (Å²) in [6.45, 7) is 25.7. The molecule has 1 nitrogen and oxygen atoms in total. The highest BCUT2D eigenvalue weighted by molar-refractivity contribution is 5.85. The first-order chi connectivity index (χ1) is 36.4. The second-order valence-corrected chi connectivity index (χ2v) is 16.6. The van der Waals surface area contributed by atoms with Gasteiger partial charge in [0.05, 0.1) is 0 Å². The maximum atomic E-state index is 3.97. The van der Waals surface area contributed by atoms with Gasteiger partial charge in [-0.3, -0.25) is 0 Å². The number of nitrogens with zero attached hydrogens (tertiary/aromatic N) is 1. The standard InChI is InChI=1S/C73H69N/c1-9-17-36-62(16-8)71(63(30-13-5)37-18-10-2)44-27-33-59-47-53-68(54-48-59)74(69-55-49-60(50-56-69)34-28-45-72(66-40-23-21-24-41-66)64(31-14-6)38-19-11-3)70-57-51-61(52-58-70)35-29-46-73(67-42-25-22-26-43-67)65(32-15-7)39-20-12-4/h9-58H,1,3-4,6-7H2,2,5,8H3/b18-10-,30-13-,33-27?,34-28?,35-29?,36-17-,38-19-,39-20-,62-16+,63-37+,64-31+,65-32+,71-44?,72-45?,73-46?. The molecule has 74 heavy (non-hydrogen) atoms. The number of hydrogen-bond acceptors (Lipinski definition) is 1. The van der Waals surface area contributed by atoms with Gasteiger partial charge in [0.25, 0.3) is 0 Å². The summed E-state index contributed by atoms with van der Waals surface area (Å²) in [5, 5.41) is 0. The number of rotatable bonds is 25. The number of benzene rings is 5. The molecule has 0 atom stereocenters. The molecule has 0 N–H and O–H groups in total. The van der Waals surface area contributed by atoms with Crippen LogP contribution in [0.1, 0.15) is 48.6 Å². The third kappa shape index (κ3) is 17.2. The summed E-state index contributed by atoms with van der Waals surface area (Å²) < 4.78 is 0. The third-order valence-electron chi connectivity index (χ3n) is 11.5. The fourth-order valence-corrected chi connectivity index (χ4v) is 7.93. The van der Waals surface area contributed by atoms with E-state index in [4.69, 9.17) is 0 Å². The van der Waals surface area contributed by atoms with E-state index in [2.05, 4.69) is 269 Å². The topological polar surface area (TPSA) is 3.24 Å². The molecule has 5 aromatic carbocycles. The van der Waals surface area contributed by atoms with Gasteiger partial charge in [0, 0.05) is 17.1 Å². The molecule has 0 heterocycles. The highest BCUT2D eigenvalue weighted by Gasteiger charge is 2.13. The first-order valence-electron chi connectivity index (χ1n) is 24.9. The smallest absolute Gasteiger partial charge is 0.0462 e. The molecule has 0 amide bonds. The van der Waals surface area contributed by atoms with E-state index in [9.17, 15) is 0 Å². The summed E-state index contributed by atoms with van der Waals surface area (Å²) in [4.78, 5) is 2.30. The van der Waals surface area contributed by atoms with Crippen molar-refractivity contribution in [2.45, 2.75) is 20.8 Å². The quantitative estimate of drug-likeness (QED) is 0.0527. The molecule has 0 aliphatic heterocycles. The van der Waals surface area contributed by atoms with Crippen molar-refractivity contribution in [3.05, 3.63) is 374 Å². The maximum Gasteiger partial charge on any atom is 0.0462 e. The van der Waals surface area contributed by atoms with E-state index < -0.39 is 0 Å². The predicted octanol–water partition coefficient (Wildman–Crippen LogP) is 20.8. The Bertz CT molecular complexity index is 2980. The highest BCUT2D eigenvalue weighted by atomic mass is 15.1. The largest absolute Gasteiger partial charge is 0.311 e. The SMILES string of the molecule is C=C/C=C\C(=C/C)C(=CC=Cc1ccc(N(c2ccc(C=CC=C(C(/C=C\C=C)=C/C=C)c3ccccc3)cc2)c2ccc(C=CC=C(C(/C=C\C=C)=C/C=C)c3ccccc3)cc2)cc1)C(/C=C\C)=C/C=C\C. The van der Waals surface area contributed by atoms with Gasteiger partial charge >= 0.3 is 0 Å². The van der Waals surface area contributed by atoms with Crippen LogP contribution in [0.15, 0.2) is 346 Å². The zero-order chi connectivity index (χ0) is 52.6. The van der Waals surface area contributed by atoms with Crippen molar-refractivity contribution in [1.82, 2.24) is 0 Å². The predicted molar refractivity (Wildman–Crippen MR) is 331 cm³/mol. The lowest BCUT2D eigenvalue weighted by Gasteiger charge is -2.26. The number of hydrogen-bond donors (Lipinski definition) is 0. The molecule has 0 aromatic heterocycles. The molecule has 0 radical (unpaired) electrons. The highest BCUT2D eigenvalue weighted by Crippen LogP contribution is 2.36. The molecule has 0 bridgehead atoms. The number of anilines is 3. The first-order valence-corrected chi connectivity index (χ1v) is 24.9. The Kier molecular flexibility index (Phi) is 23.9. The Morgan fingerprint density at radius 2 is 0.730 bits per heavy atom. The molecular formula is C73H69N. The van der Waals surface area contributed by atoms with Gasteiger partial charge < -0.3 is 4.90 Å². The minimum Gasteiger partial charge on any atom is -0.311 e. The lowest BCUT2D eigenvalue weighted by atomic mass is 9.95. The van der Waals surface area contributed by atoms with E-state index in [1.54, 1.807) is 18.2 Å². The van der Waals surface area contributed by atoms with E-state index in [0.29, 0.717) is 0 Å². The maximum absolute atomic E-state index is 3.97. The van der Waals surface area contributed by atoms with Crippen LogP contribution in [-0.4, -0.2) is 0 Å². The normalized spacial score (nSPS) is 13.7. The number of allylic oxidation sites excluding steroid dienone is 32. The van der Waals surface area contributed by atoms with E-state index in [1.807, 2.05) is 74.6 Å². The van der Waals surface area contributed by atoms with Crippen LogP contribution >= 0.6 is 0 Å². The Hall–Kier alpha value is -9.30. The van der Waals surface area contributed by atoms with Crippen molar-refractivity contribution >= 4 is 46.4 Å². The zero-order valence-electron chi connectivity index (χ0n) is 43.4. The van der Waals surface area contributed by atoms with E-state index >= 15 is 0 Å². The van der Waals surface area contributed by atoms with E-state index in [-0.39, 0.29) is 0 Å². The second kappa shape index (κ2) is 31.8. The monoisotopic (exact) mass is 960 g/mol. The molecule has 0 saturated carbocycles. The van der Waals surface area contributed by atoms with Gasteiger partial charge in [-0.05, 0) is 124 Å². The average Bonchev–Trinajstić information content (AvgIpc) is 3.44. The van der Waals surface area contributed by atoms with Crippen LogP contribution in [0.3, 0.4) is 0 Å². The van der Waals surface area contributed by atoms with Gasteiger partial charge in [-0.1, -0.05) is 300 Å². The molecule has 1 heteroatoms. The molecular weight excluding hydrogens is 891 g/mol. The first kappa shape index (κ1) is 55.6. The summed E-state index contributed by atoms with van der Waals surface area (Å²) in [5.74, 6) is 0. The van der Waals surface area contributed by atoms with Gasteiger partial charge in [-0.2, -0.15) is 0 Å². The summed E-state index contributed by atoms with van der Waals surface area (Å²) in [7, 11) is 0. The van der Waals surface area contributed by atoms with Crippen LogP contribution in [0.25, 0.3) is 29.4 Å². The van der Waals surface area contributed by atoms with E-state index in [1.165, 1.54) is 0 Å². The molecule has 0 spiro atoms. The lowest BCUT2D eigenvalue weighted by molar-refractivity contribution is 1.28. The Balaban J connectivity index is 1.54. The molecule has 0 fully saturated rings. The Morgan fingerprint density at radius 1 is 0.338 bits per heavy atom. The van der Waals surface area contributed by atoms with Gasteiger partial charge in [0.2, 0.25) is 0 Å². The summed E-state index contributed by atoms with van der Waals surface area (Å²) in [6.07, 6.45) is 56.9.